The molecule has 3 rings (SSSR count). The number of aryl methyl sites for hydroxylation is 2. The Morgan fingerprint density at radius 1 is 0.968 bits per heavy atom. The van der Waals surface area contributed by atoms with Crippen molar-refractivity contribution in [1.82, 2.24) is 4.31 Å². The smallest absolute Gasteiger partial charge is 0.255 e. The SMILES string of the molecule is COc1ccc(S(=O)(=O)N(C)Cc2ccc(C(=O)Nc3cc(C)ccc3C)cc2)cc1. The van der Waals surface area contributed by atoms with Gasteiger partial charge in [-0.2, -0.15) is 4.31 Å². The summed E-state index contributed by atoms with van der Waals surface area (Å²) in [7, 11) is -0.582. The van der Waals surface area contributed by atoms with E-state index < -0.39 is 10.0 Å². The number of benzene rings is 3. The first-order valence-corrected chi connectivity index (χ1v) is 11.2. The summed E-state index contributed by atoms with van der Waals surface area (Å²) < 4.78 is 31.9. The molecule has 162 valence electrons. The van der Waals surface area contributed by atoms with E-state index >= 15 is 0 Å². The molecule has 0 unspecified atom stereocenters. The van der Waals surface area contributed by atoms with Gasteiger partial charge in [-0.15, -0.1) is 0 Å². The molecular formula is C24H26N2O4S. The molecule has 3 aromatic carbocycles. The lowest BCUT2D eigenvalue weighted by Crippen LogP contribution is -2.26. The Hall–Kier alpha value is -3.16. The Labute approximate surface area is 183 Å². The lowest BCUT2D eigenvalue weighted by molar-refractivity contribution is 0.102. The van der Waals surface area contributed by atoms with Gasteiger partial charge < -0.3 is 10.1 Å². The molecule has 0 aliphatic heterocycles. The summed E-state index contributed by atoms with van der Waals surface area (Å²) in [5.41, 5.74) is 4.12. The van der Waals surface area contributed by atoms with Crippen LogP contribution < -0.4 is 10.1 Å². The number of hydrogen-bond acceptors (Lipinski definition) is 4. The summed E-state index contributed by atoms with van der Waals surface area (Å²) in [6, 6.07) is 19.1. The molecule has 0 bridgehead atoms. The first-order chi connectivity index (χ1) is 14.7. The number of sulfonamides is 1. The molecule has 0 atom stereocenters. The number of methoxy groups -OCH3 is 1. The van der Waals surface area contributed by atoms with E-state index in [0.717, 1.165) is 22.4 Å². The van der Waals surface area contributed by atoms with Crippen molar-refractivity contribution in [1.29, 1.82) is 0 Å². The van der Waals surface area contributed by atoms with Crippen molar-refractivity contribution in [3.8, 4) is 5.75 Å². The van der Waals surface area contributed by atoms with Gasteiger partial charge in [0.25, 0.3) is 5.91 Å². The zero-order valence-electron chi connectivity index (χ0n) is 18.0. The summed E-state index contributed by atoms with van der Waals surface area (Å²) in [5, 5.41) is 2.93. The van der Waals surface area contributed by atoms with Gasteiger partial charge in [0.1, 0.15) is 5.75 Å². The quantitative estimate of drug-likeness (QED) is 0.594. The van der Waals surface area contributed by atoms with E-state index in [0.29, 0.717) is 11.3 Å². The predicted molar refractivity (Wildman–Crippen MR) is 122 cm³/mol. The van der Waals surface area contributed by atoms with Gasteiger partial charge in [0.15, 0.2) is 0 Å². The normalized spacial score (nSPS) is 11.4. The number of carbonyl (C=O) groups is 1. The standard InChI is InChI=1S/C24H26N2O4S/c1-17-5-6-18(2)23(15-17)25-24(27)20-9-7-19(8-10-20)16-26(3)31(28,29)22-13-11-21(30-4)12-14-22/h5-15H,16H2,1-4H3,(H,25,27). The highest BCUT2D eigenvalue weighted by Crippen LogP contribution is 2.21. The maximum Gasteiger partial charge on any atom is 0.255 e. The molecule has 3 aromatic rings. The van der Waals surface area contributed by atoms with E-state index in [1.165, 1.54) is 30.6 Å². The van der Waals surface area contributed by atoms with Gasteiger partial charge in [-0.1, -0.05) is 24.3 Å². The van der Waals surface area contributed by atoms with Crippen LogP contribution in [0.2, 0.25) is 0 Å². The van der Waals surface area contributed by atoms with E-state index in [2.05, 4.69) is 5.32 Å². The lowest BCUT2D eigenvalue weighted by Gasteiger charge is -2.18. The van der Waals surface area contributed by atoms with Crippen molar-refractivity contribution in [2.75, 3.05) is 19.5 Å². The second-order valence-electron chi connectivity index (χ2n) is 7.41. The number of anilines is 1. The van der Waals surface area contributed by atoms with Gasteiger partial charge >= 0.3 is 0 Å². The second-order valence-corrected chi connectivity index (χ2v) is 9.45. The van der Waals surface area contributed by atoms with E-state index in [-0.39, 0.29) is 17.3 Å². The zero-order chi connectivity index (χ0) is 22.6. The molecule has 0 saturated heterocycles. The Balaban J connectivity index is 1.69. The minimum atomic E-state index is -3.64. The molecule has 0 spiro atoms. The van der Waals surface area contributed by atoms with Gasteiger partial charge in [0.2, 0.25) is 10.0 Å². The molecule has 0 saturated carbocycles. The van der Waals surface area contributed by atoms with Gasteiger partial charge in [-0.05, 0) is 73.0 Å². The molecule has 0 aliphatic carbocycles. The maximum absolute atomic E-state index is 12.8. The van der Waals surface area contributed by atoms with Crippen molar-refractivity contribution in [2.45, 2.75) is 25.3 Å². The van der Waals surface area contributed by atoms with Crippen LogP contribution in [0.1, 0.15) is 27.0 Å². The minimum Gasteiger partial charge on any atom is -0.497 e. The molecule has 1 amide bonds. The number of ether oxygens (including phenoxy) is 1. The van der Waals surface area contributed by atoms with Crippen LogP contribution >= 0.6 is 0 Å². The molecule has 0 radical (unpaired) electrons. The van der Waals surface area contributed by atoms with Gasteiger partial charge in [0.05, 0.1) is 12.0 Å². The fraction of sp³-hybridized carbons (Fsp3) is 0.208. The summed E-state index contributed by atoms with van der Waals surface area (Å²) in [6.45, 7) is 4.10. The molecule has 1 N–H and O–H groups in total. The third kappa shape index (κ3) is 5.31. The van der Waals surface area contributed by atoms with Crippen molar-refractivity contribution in [3.63, 3.8) is 0 Å². The van der Waals surface area contributed by atoms with Crippen LogP contribution in [0.15, 0.2) is 71.6 Å². The largest absolute Gasteiger partial charge is 0.497 e. The number of nitrogens with one attached hydrogen (secondary N) is 1. The molecule has 0 heterocycles. The summed E-state index contributed by atoms with van der Waals surface area (Å²) in [6.07, 6.45) is 0. The van der Waals surface area contributed by atoms with Gasteiger partial charge in [0, 0.05) is 24.8 Å². The molecule has 0 aliphatic rings. The molecule has 0 aromatic heterocycles. The summed E-state index contributed by atoms with van der Waals surface area (Å²) in [4.78, 5) is 12.8. The van der Waals surface area contributed by atoms with Crippen molar-refractivity contribution in [2.24, 2.45) is 0 Å². The van der Waals surface area contributed by atoms with Crippen LogP contribution in [0.5, 0.6) is 5.75 Å². The minimum absolute atomic E-state index is 0.188. The summed E-state index contributed by atoms with van der Waals surface area (Å²) in [5.74, 6) is 0.385. The highest BCUT2D eigenvalue weighted by atomic mass is 32.2. The fourth-order valence-corrected chi connectivity index (χ4v) is 4.26. The Kier molecular flexibility index (Phi) is 6.77. The number of nitrogens with zero attached hydrogens (tertiary/aromatic N) is 1. The van der Waals surface area contributed by atoms with E-state index in [9.17, 15) is 13.2 Å². The highest BCUT2D eigenvalue weighted by Gasteiger charge is 2.21. The van der Waals surface area contributed by atoms with Crippen LogP contribution in [0.4, 0.5) is 5.69 Å². The topological polar surface area (TPSA) is 75.7 Å². The van der Waals surface area contributed by atoms with Gasteiger partial charge in [-0.3, -0.25) is 4.79 Å². The van der Waals surface area contributed by atoms with Crippen LogP contribution in [0.3, 0.4) is 0 Å². The van der Waals surface area contributed by atoms with Gasteiger partial charge in [-0.25, -0.2) is 8.42 Å². The first kappa shape index (κ1) is 22.5. The Morgan fingerprint density at radius 3 is 2.23 bits per heavy atom. The fourth-order valence-electron chi connectivity index (χ4n) is 3.10. The number of amides is 1. The molecule has 0 fully saturated rings. The van der Waals surface area contributed by atoms with E-state index in [4.69, 9.17) is 4.74 Å². The molecule has 7 heteroatoms. The van der Waals surface area contributed by atoms with Crippen LogP contribution in [0, 0.1) is 13.8 Å². The van der Waals surface area contributed by atoms with Crippen LogP contribution in [0.25, 0.3) is 0 Å². The van der Waals surface area contributed by atoms with Crippen LogP contribution in [-0.2, 0) is 16.6 Å². The lowest BCUT2D eigenvalue weighted by atomic mass is 10.1. The maximum atomic E-state index is 12.8. The average molecular weight is 439 g/mol. The van der Waals surface area contributed by atoms with E-state index in [1.54, 1.807) is 36.4 Å². The average Bonchev–Trinajstić information content (AvgIpc) is 2.76. The Morgan fingerprint density at radius 2 is 1.61 bits per heavy atom. The second kappa shape index (κ2) is 9.32. The van der Waals surface area contributed by atoms with Crippen LogP contribution in [-0.4, -0.2) is 32.8 Å². The third-order valence-electron chi connectivity index (χ3n) is 5.03. The first-order valence-electron chi connectivity index (χ1n) is 9.78. The zero-order valence-corrected chi connectivity index (χ0v) is 18.9. The number of rotatable bonds is 7. The van der Waals surface area contributed by atoms with Crippen molar-refractivity contribution < 1.29 is 17.9 Å². The van der Waals surface area contributed by atoms with E-state index in [1.807, 2.05) is 32.0 Å². The summed E-state index contributed by atoms with van der Waals surface area (Å²) >= 11 is 0. The van der Waals surface area contributed by atoms with Crippen molar-refractivity contribution in [3.05, 3.63) is 89.0 Å². The molecule has 31 heavy (non-hydrogen) atoms. The number of hydrogen-bond donors (Lipinski definition) is 1. The Bertz CT molecular complexity index is 1170. The van der Waals surface area contributed by atoms with Crippen molar-refractivity contribution >= 4 is 21.6 Å². The predicted octanol–water partition coefficient (Wildman–Crippen LogP) is 4.39. The molecular weight excluding hydrogens is 412 g/mol. The monoisotopic (exact) mass is 438 g/mol. The third-order valence-corrected chi connectivity index (χ3v) is 6.85. The number of carbonyl (C=O) groups excluding carboxylic acids is 1. The molecule has 6 nitrogen and oxygen atoms in total. The highest BCUT2D eigenvalue weighted by molar-refractivity contribution is 7.89.